The highest BCUT2D eigenvalue weighted by Gasteiger charge is 2.38. The van der Waals surface area contributed by atoms with E-state index in [1.54, 1.807) is 0 Å². The molecule has 132 valence electrons. The van der Waals surface area contributed by atoms with Crippen LogP contribution < -0.4 is 5.32 Å². The molecular formula is C18H32N2O3. The second-order valence-corrected chi connectivity index (χ2v) is 7.80. The van der Waals surface area contributed by atoms with Crippen LogP contribution in [0.1, 0.15) is 51.9 Å². The van der Waals surface area contributed by atoms with Crippen molar-refractivity contribution in [2.45, 2.75) is 70.1 Å². The summed E-state index contributed by atoms with van der Waals surface area (Å²) in [6, 6.07) is 0.550. The summed E-state index contributed by atoms with van der Waals surface area (Å²) in [6.45, 7) is 4.87. The Kier molecular flexibility index (Phi) is 5.94. The first-order chi connectivity index (χ1) is 11.1. The fourth-order valence-electron chi connectivity index (χ4n) is 4.53. The second kappa shape index (κ2) is 7.95. The maximum Gasteiger partial charge on any atom is 0.234 e. The predicted molar refractivity (Wildman–Crippen MR) is 89.1 cm³/mol. The van der Waals surface area contributed by atoms with Gasteiger partial charge in [0.1, 0.15) is 0 Å². The third-order valence-corrected chi connectivity index (χ3v) is 6.03. The number of nitrogens with one attached hydrogen (secondary N) is 1. The molecule has 2 aliphatic carbocycles. The number of morpholine rings is 1. The number of hydrogen-bond acceptors (Lipinski definition) is 4. The summed E-state index contributed by atoms with van der Waals surface area (Å²) in [4.78, 5) is 14.7. The van der Waals surface area contributed by atoms with E-state index in [-0.39, 0.29) is 24.0 Å². The number of carbonyl (C=O) groups is 1. The molecule has 3 atom stereocenters. The molecule has 0 radical (unpaired) electrons. The van der Waals surface area contributed by atoms with Crippen LogP contribution in [0.25, 0.3) is 0 Å². The smallest absolute Gasteiger partial charge is 0.234 e. The minimum atomic E-state index is -0.230. The van der Waals surface area contributed by atoms with E-state index < -0.39 is 0 Å². The molecule has 23 heavy (non-hydrogen) atoms. The van der Waals surface area contributed by atoms with Gasteiger partial charge in [0.2, 0.25) is 5.91 Å². The van der Waals surface area contributed by atoms with Crippen molar-refractivity contribution in [1.82, 2.24) is 10.2 Å². The van der Waals surface area contributed by atoms with E-state index in [4.69, 9.17) is 4.74 Å². The number of carbonyl (C=O) groups excluding carboxylic acids is 1. The number of amides is 1. The summed E-state index contributed by atoms with van der Waals surface area (Å²) in [5.74, 6) is 1.21. The van der Waals surface area contributed by atoms with E-state index in [1.165, 1.54) is 12.8 Å². The zero-order chi connectivity index (χ0) is 16.2. The molecule has 5 heteroatoms. The van der Waals surface area contributed by atoms with Gasteiger partial charge in [-0.15, -0.1) is 0 Å². The zero-order valence-electron chi connectivity index (χ0n) is 14.4. The average Bonchev–Trinajstić information content (AvgIpc) is 2.96. The molecule has 0 aromatic rings. The van der Waals surface area contributed by atoms with E-state index in [0.29, 0.717) is 25.8 Å². The van der Waals surface area contributed by atoms with Gasteiger partial charge in [0.15, 0.2) is 0 Å². The second-order valence-electron chi connectivity index (χ2n) is 7.80. The number of nitrogens with zero attached hydrogens (tertiary/aromatic N) is 1. The molecule has 2 N–H and O–H groups in total. The number of hydrogen-bond donors (Lipinski definition) is 2. The molecule has 3 rings (SSSR count). The van der Waals surface area contributed by atoms with Gasteiger partial charge in [0, 0.05) is 24.5 Å². The Bertz CT molecular complexity index is 396. The van der Waals surface area contributed by atoms with E-state index in [9.17, 15) is 9.90 Å². The third-order valence-electron chi connectivity index (χ3n) is 6.03. The Balaban J connectivity index is 1.51. The topological polar surface area (TPSA) is 61.8 Å². The first-order valence-corrected chi connectivity index (χ1v) is 9.42. The molecule has 3 aliphatic rings. The van der Waals surface area contributed by atoms with E-state index in [2.05, 4.69) is 17.1 Å². The monoisotopic (exact) mass is 324 g/mol. The molecule has 2 saturated carbocycles. The Hall–Kier alpha value is -0.650. The van der Waals surface area contributed by atoms with Crippen LogP contribution in [0.4, 0.5) is 0 Å². The Morgan fingerprint density at radius 1 is 1.22 bits per heavy atom. The highest BCUT2D eigenvalue weighted by molar-refractivity contribution is 5.78. The average molecular weight is 324 g/mol. The van der Waals surface area contributed by atoms with Gasteiger partial charge in [-0.05, 0) is 44.4 Å². The molecule has 0 bridgehead atoms. The van der Waals surface area contributed by atoms with Crippen LogP contribution in [-0.2, 0) is 9.53 Å². The lowest BCUT2D eigenvalue weighted by molar-refractivity contribution is -0.127. The van der Waals surface area contributed by atoms with E-state index >= 15 is 0 Å². The first-order valence-electron chi connectivity index (χ1n) is 9.42. The molecule has 1 aliphatic heterocycles. The van der Waals surface area contributed by atoms with Crippen molar-refractivity contribution in [2.24, 2.45) is 11.8 Å². The molecule has 5 nitrogen and oxygen atoms in total. The number of aliphatic hydroxyl groups excluding tert-OH is 1. The van der Waals surface area contributed by atoms with Crippen LogP contribution in [0, 0.1) is 11.8 Å². The lowest BCUT2D eigenvalue weighted by Crippen LogP contribution is -2.54. The van der Waals surface area contributed by atoms with E-state index in [1.807, 2.05) is 0 Å². The molecule has 0 aromatic carbocycles. The quantitative estimate of drug-likeness (QED) is 0.823. The Morgan fingerprint density at radius 3 is 2.70 bits per heavy atom. The highest BCUT2D eigenvalue weighted by Crippen LogP contribution is 2.32. The molecular weight excluding hydrogens is 292 g/mol. The molecule has 1 saturated heterocycles. The third kappa shape index (κ3) is 4.46. The largest absolute Gasteiger partial charge is 0.393 e. The van der Waals surface area contributed by atoms with Gasteiger partial charge < -0.3 is 15.2 Å². The summed E-state index contributed by atoms with van der Waals surface area (Å²) in [5, 5.41) is 13.4. The highest BCUT2D eigenvalue weighted by atomic mass is 16.5. The predicted octanol–water partition coefficient (Wildman–Crippen LogP) is 1.54. The molecule has 3 fully saturated rings. The van der Waals surface area contributed by atoms with Gasteiger partial charge in [0.25, 0.3) is 0 Å². The van der Waals surface area contributed by atoms with Gasteiger partial charge in [-0.2, -0.15) is 0 Å². The molecule has 0 aromatic heterocycles. The summed E-state index contributed by atoms with van der Waals surface area (Å²) in [6.07, 6.45) is 7.46. The Labute approximate surface area is 139 Å². The van der Waals surface area contributed by atoms with Crippen molar-refractivity contribution in [2.75, 3.05) is 26.3 Å². The van der Waals surface area contributed by atoms with Crippen LogP contribution >= 0.6 is 0 Å². The Morgan fingerprint density at radius 2 is 2.00 bits per heavy atom. The lowest BCUT2D eigenvalue weighted by atomic mass is 9.87. The van der Waals surface area contributed by atoms with Crippen molar-refractivity contribution < 1.29 is 14.6 Å². The summed E-state index contributed by atoms with van der Waals surface area (Å²) in [7, 11) is 0. The van der Waals surface area contributed by atoms with Crippen LogP contribution in [0.3, 0.4) is 0 Å². The van der Waals surface area contributed by atoms with Crippen molar-refractivity contribution in [3.05, 3.63) is 0 Å². The summed E-state index contributed by atoms with van der Waals surface area (Å²) >= 11 is 0. The number of aliphatic hydroxyl groups is 1. The maximum absolute atomic E-state index is 12.4. The minimum Gasteiger partial charge on any atom is -0.393 e. The molecule has 1 heterocycles. The van der Waals surface area contributed by atoms with Crippen molar-refractivity contribution in [3.8, 4) is 0 Å². The zero-order valence-corrected chi connectivity index (χ0v) is 14.4. The van der Waals surface area contributed by atoms with Gasteiger partial charge >= 0.3 is 0 Å². The van der Waals surface area contributed by atoms with Crippen molar-refractivity contribution >= 4 is 5.91 Å². The van der Waals surface area contributed by atoms with Crippen LogP contribution in [0.15, 0.2) is 0 Å². The fraction of sp³-hybridized carbons (Fsp3) is 0.944. The minimum absolute atomic E-state index is 0.143. The van der Waals surface area contributed by atoms with Crippen LogP contribution in [0.5, 0.6) is 0 Å². The van der Waals surface area contributed by atoms with Gasteiger partial charge in [-0.25, -0.2) is 0 Å². The molecule has 0 spiro atoms. The molecule has 3 unspecified atom stereocenters. The number of rotatable bonds is 4. The summed E-state index contributed by atoms with van der Waals surface area (Å²) < 4.78 is 5.63. The standard InChI is InChI=1S/C18H32N2O3/c1-13-5-7-14(8-6-13)19-18(22)11-20-9-10-23-12-16(20)15-3-2-4-17(15)21/h13-17,21H,2-12H2,1H3,(H,19,22). The van der Waals surface area contributed by atoms with Gasteiger partial charge in [-0.1, -0.05) is 13.3 Å². The number of ether oxygens (including phenoxy) is 1. The lowest BCUT2D eigenvalue weighted by Gasteiger charge is -2.40. The van der Waals surface area contributed by atoms with Crippen LogP contribution in [-0.4, -0.2) is 60.4 Å². The van der Waals surface area contributed by atoms with Crippen molar-refractivity contribution in [3.63, 3.8) is 0 Å². The fourth-order valence-corrected chi connectivity index (χ4v) is 4.53. The van der Waals surface area contributed by atoms with Crippen molar-refractivity contribution in [1.29, 1.82) is 0 Å². The summed E-state index contributed by atoms with van der Waals surface area (Å²) in [5.41, 5.74) is 0. The normalized spacial score (nSPS) is 39.3. The SMILES string of the molecule is CC1CCC(NC(=O)CN2CCOCC2C2CCCC2O)CC1. The van der Waals surface area contributed by atoms with E-state index in [0.717, 1.165) is 44.6 Å². The first kappa shape index (κ1) is 17.2. The van der Waals surface area contributed by atoms with Gasteiger partial charge in [0.05, 0.1) is 25.9 Å². The van der Waals surface area contributed by atoms with Crippen LogP contribution in [0.2, 0.25) is 0 Å². The van der Waals surface area contributed by atoms with Gasteiger partial charge in [-0.3, -0.25) is 9.69 Å². The molecule has 1 amide bonds. The maximum atomic E-state index is 12.4.